The smallest absolute Gasteiger partial charge is 0.236 e. The van der Waals surface area contributed by atoms with Gasteiger partial charge >= 0.3 is 0 Å². The summed E-state index contributed by atoms with van der Waals surface area (Å²) in [7, 11) is 1.61. The summed E-state index contributed by atoms with van der Waals surface area (Å²) in [6.07, 6.45) is 0.0757. The average Bonchev–Trinajstić information content (AvgIpc) is 3.11. The van der Waals surface area contributed by atoms with Crippen molar-refractivity contribution in [3.8, 4) is 17.1 Å². The molecular formula is C17H22N4O4. The maximum Gasteiger partial charge on any atom is 0.236 e. The normalized spacial score (nSPS) is 15.1. The van der Waals surface area contributed by atoms with Gasteiger partial charge in [-0.1, -0.05) is 5.16 Å². The molecule has 1 aromatic carbocycles. The van der Waals surface area contributed by atoms with Gasteiger partial charge in [-0.05, 0) is 24.3 Å². The fourth-order valence-electron chi connectivity index (χ4n) is 2.56. The van der Waals surface area contributed by atoms with Gasteiger partial charge in [0, 0.05) is 31.7 Å². The Morgan fingerprint density at radius 3 is 2.76 bits per heavy atom. The van der Waals surface area contributed by atoms with Crippen LogP contribution in [0.2, 0.25) is 0 Å². The molecule has 8 heteroatoms. The van der Waals surface area contributed by atoms with Crippen molar-refractivity contribution >= 4 is 5.91 Å². The Morgan fingerprint density at radius 2 is 2.04 bits per heavy atom. The number of carbonyl (C=O) groups excluding carboxylic acids is 1. The zero-order valence-corrected chi connectivity index (χ0v) is 14.2. The van der Waals surface area contributed by atoms with Gasteiger partial charge in [0.1, 0.15) is 12.2 Å². The van der Waals surface area contributed by atoms with Crippen LogP contribution in [0.4, 0.5) is 0 Å². The molecule has 0 aliphatic carbocycles. The van der Waals surface area contributed by atoms with Crippen molar-refractivity contribution < 1.29 is 18.8 Å². The lowest BCUT2D eigenvalue weighted by Gasteiger charge is -2.26. The number of benzene rings is 1. The second-order valence-electron chi connectivity index (χ2n) is 5.72. The van der Waals surface area contributed by atoms with Crippen molar-refractivity contribution in [2.45, 2.75) is 6.42 Å². The highest BCUT2D eigenvalue weighted by molar-refractivity contribution is 5.77. The molecule has 0 atom stereocenters. The number of aromatic nitrogens is 2. The Kier molecular flexibility index (Phi) is 5.97. The maximum absolute atomic E-state index is 12.0. The average molecular weight is 346 g/mol. The summed E-state index contributed by atoms with van der Waals surface area (Å²) in [5.41, 5.74) is 0.809. The third-order valence-corrected chi connectivity index (χ3v) is 3.98. The van der Waals surface area contributed by atoms with Crippen molar-refractivity contribution in [2.24, 2.45) is 0 Å². The number of ether oxygens (including phenoxy) is 2. The molecule has 1 fully saturated rings. The van der Waals surface area contributed by atoms with E-state index in [1.54, 1.807) is 7.11 Å². The van der Waals surface area contributed by atoms with Crippen LogP contribution in [0.15, 0.2) is 28.8 Å². The topological polar surface area (TPSA) is 89.7 Å². The highest BCUT2D eigenvalue weighted by atomic mass is 16.5. The van der Waals surface area contributed by atoms with Crippen molar-refractivity contribution in [2.75, 3.05) is 46.5 Å². The highest BCUT2D eigenvalue weighted by Crippen LogP contribution is 2.19. The third-order valence-electron chi connectivity index (χ3n) is 3.98. The Morgan fingerprint density at radius 1 is 1.28 bits per heavy atom. The molecule has 134 valence electrons. The van der Waals surface area contributed by atoms with Crippen LogP contribution in [0, 0.1) is 0 Å². The summed E-state index contributed by atoms with van der Waals surface area (Å²) < 4.78 is 15.6. The van der Waals surface area contributed by atoms with Crippen LogP contribution >= 0.6 is 0 Å². The third kappa shape index (κ3) is 5.01. The standard InChI is InChI=1S/C17H22N4O4/c1-23-14-4-2-13(3-5-14)17-19-16(25-20-17)12-15(22)18-6-7-21-8-10-24-11-9-21/h2-5H,6-12H2,1H3,(H,18,22). The molecule has 0 unspecified atom stereocenters. The largest absolute Gasteiger partial charge is 0.497 e. The number of methoxy groups -OCH3 is 1. The van der Waals surface area contributed by atoms with Crippen LogP contribution in [-0.4, -0.2) is 67.5 Å². The van der Waals surface area contributed by atoms with E-state index in [1.807, 2.05) is 24.3 Å². The van der Waals surface area contributed by atoms with E-state index in [4.69, 9.17) is 14.0 Å². The Bertz CT molecular complexity index is 680. The molecule has 1 N–H and O–H groups in total. The summed E-state index contributed by atoms with van der Waals surface area (Å²) in [4.78, 5) is 18.5. The van der Waals surface area contributed by atoms with Crippen LogP contribution in [0.1, 0.15) is 5.89 Å². The van der Waals surface area contributed by atoms with Crippen molar-refractivity contribution in [1.82, 2.24) is 20.4 Å². The predicted octanol–water partition coefficient (Wildman–Crippen LogP) is 0.736. The van der Waals surface area contributed by atoms with Gasteiger partial charge in [0.05, 0.1) is 20.3 Å². The summed E-state index contributed by atoms with van der Waals surface area (Å²) in [5, 5.41) is 6.80. The molecule has 1 aromatic heterocycles. The zero-order chi connectivity index (χ0) is 17.5. The van der Waals surface area contributed by atoms with E-state index in [9.17, 15) is 4.79 Å². The Balaban J connectivity index is 1.46. The number of nitrogens with one attached hydrogen (secondary N) is 1. The van der Waals surface area contributed by atoms with Crippen LogP contribution in [0.5, 0.6) is 5.75 Å². The predicted molar refractivity (Wildman–Crippen MR) is 90.3 cm³/mol. The number of carbonyl (C=O) groups is 1. The second-order valence-corrected chi connectivity index (χ2v) is 5.72. The number of hydrogen-bond acceptors (Lipinski definition) is 7. The molecular weight excluding hydrogens is 324 g/mol. The molecule has 0 saturated carbocycles. The molecule has 1 amide bonds. The molecule has 1 aliphatic rings. The van der Waals surface area contributed by atoms with E-state index in [0.717, 1.165) is 44.2 Å². The molecule has 0 bridgehead atoms. The lowest BCUT2D eigenvalue weighted by molar-refractivity contribution is -0.120. The molecule has 1 saturated heterocycles. The first kappa shape index (κ1) is 17.4. The number of hydrogen-bond donors (Lipinski definition) is 1. The highest BCUT2D eigenvalue weighted by Gasteiger charge is 2.14. The van der Waals surface area contributed by atoms with Crippen LogP contribution in [0.25, 0.3) is 11.4 Å². The molecule has 3 rings (SSSR count). The fraction of sp³-hybridized carbons (Fsp3) is 0.471. The van der Waals surface area contributed by atoms with Crippen molar-refractivity contribution in [3.63, 3.8) is 0 Å². The van der Waals surface area contributed by atoms with E-state index in [-0.39, 0.29) is 12.3 Å². The van der Waals surface area contributed by atoms with Gasteiger partial charge in [0.2, 0.25) is 17.6 Å². The molecule has 25 heavy (non-hydrogen) atoms. The van der Waals surface area contributed by atoms with Crippen LogP contribution in [-0.2, 0) is 16.0 Å². The fourth-order valence-corrected chi connectivity index (χ4v) is 2.56. The number of amides is 1. The number of morpholine rings is 1. The van der Waals surface area contributed by atoms with E-state index in [0.29, 0.717) is 18.3 Å². The minimum Gasteiger partial charge on any atom is -0.497 e. The molecule has 1 aliphatic heterocycles. The van der Waals surface area contributed by atoms with E-state index in [2.05, 4.69) is 20.4 Å². The first-order valence-electron chi connectivity index (χ1n) is 8.28. The van der Waals surface area contributed by atoms with Crippen LogP contribution < -0.4 is 10.1 Å². The van der Waals surface area contributed by atoms with Crippen molar-refractivity contribution in [3.05, 3.63) is 30.2 Å². The summed E-state index contributed by atoms with van der Waals surface area (Å²) >= 11 is 0. The Labute approximate surface area is 146 Å². The summed E-state index contributed by atoms with van der Waals surface area (Å²) in [5.74, 6) is 1.39. The molecule has 8 nitrogen and oxygen atoms in total. The minimum absolute atomic E-state index is 0.0757. The van der Waals surface area contributed by atoms with Crippen molar-refractivity contribution in [1.29, 1.82) is 0 Å². The zero-order valence-electron chi connectivity index (χ0n) is 14.2. The van der Waals surface area contributed by atoms with Gasteiger partial charge in [-0.25, -0.2) is 0 Å². The van der Waals surface area contributed by atoms with Gasteiger partial charge in [-0.2, -0.15) is 4.98 Å². The second kappa shape index (κ2) is 8.59. The molecule has 0 radical (unpaired) electrons. The van der Waals surface area contributed by atoms with Gasteiger partial charge in [-0.15, -0.1) is 0 Å². The lowest BCUT2D eigenvalue weighted by Crippen LogP contribution is -2.41. The summed E-state index contributed by atoms with van der Waals surface area (Å²) in [6, 6.07) is 7.33. The van der Waals surface area contributed by atoms with Gasteiger partial charge in [-0.3, -0.25) is 9.69 Å². The lowest BCUT2D eigenvalue weighted by atomic mass is 10.2. The maximum atomic E-state index is 12.0. The monoisotopic (exact) mass is 346 g/mol. The first-order valence-corrected chi connectivity index (χ1v) is 8.28. The number of rotatable bonds is 7. The molecule has 0 spiro atoms. The van der Waals surface area contributed by atoms with E-state index in [1.165, 1.54) is 0 Å². The quantitative estimate of drug-likeness (QED) is 0.791. The van der Waals surface area contributed by atoms with Gasteiger partial charge in [0.15, 0.2) is 0 Å². The molecule has 2 heterocycles. The number of nitrogens with zero attached hydrogens (tertiary/aromatic N) is 3. The van der Waals surface area contributed by atoms with Crippen LogP contribution in [0.3, 0.4) is 0 Å². The molecule has 2 aromatic rings. The Hall–Kier alpha value is -2.45. The van der Waals surface area contributed by atoms with Gasteiger partial charge < -0.3 is 19.3 Å². The van der Waals surface area contributed by atoms with E-state index < -0.39 is 0 Å². The SMILES string of the molecule is COc1ccc(-c2noc(CC(=O)NCCN3CCOCC3)n2)cc1. The summed E-state index contributed by atoms with van der Waals surface area (Å²) in [6.45, 7) is 4.73. The first-order chi connectivity index (χ1) is 12.2. The minimum atomic E-state index is -0.127. The van der Waals surface area contributed by atoms with E-state index >= 15 is 0 Å². The van der Waals surface area contributed by atoms with Gasteiger partial charge in [0.25, 0.3) is 0 Å².